The second-order valence-corrected chi connectivity index (χ2v) is 7.59. The number of aryl methyl sites for hydroxylation is 1. The lowest BCUT2D eigenvalue weighted by Gasteiger charge is -2.29. The predicted molar refractivity (Wildman–Crippen MR) is 93.8 cm³/mol. The van der Waals surface area contributed by atoms with Crippen molar-refractivity contribution in [2.24, 2.45) is 0 Å². The van der Waals surface area contributed by atoms with Crippen LogP contribution in [0.2, 0.25) is 0 Å². The summed E-state index contributed by atoms with van der Waals surface area (Å²) in [5, 5.41) is 20.2. The monoisotopic (exact) mass is 359 g/mol. The van der Waals surface area contributed by atoms with E-state index in [0.29, 0.717) is 0 Å². The number of non-ortho nitro benzene ring substituents is 1. The predicted octanol–water partition coefficient (Wildman–Crippen LogP) is 3.38. The van der Waals surface area contributed by atoms with Crippen LogP contribution in [0, 0.1) is 28.4 Å². The van der Waals surface area contributed by atoms with Crippen molar-refractivity contribution in [3.63, 3.8) is 0 Å². The van der Waals surface area contributed by atoms with Crippen molar-refractivity contribution in [2.75, 3.05) is 4.31 Å². The normalized spacial score (nSPS) is 11.2. The van der Waals surface area contributed by atoms with Gasteiger partial charge in [0.05, 0.1) is 21.1 Å². The van der Waals surface area contributed by atoms with Gasteiger partial charge in [0.1, 0.15) is 6.07 Å². The summed E-state index contributed by atoms with van der Waals surface area (Å²) < 4.78 is 27.2. The minimum atomic E-state index is -3.92. The van der Waals surface area contributed by atoms with Gasteiger partial charge < -0.3 is 0 Å². The fraction of sp³-hybridized carbons (Fsp3) is 0.235. The van der Waals surface area contributed by atoms with Crippen LogP contribution in [0.15, 0.2) is 47.4 Å². The number of nitro groups is 1. The van der Waals surface area contributed by atoms with E-state index in [1.165, 1.54) is 24.3 Å². The van der Waals surface area contributed by atoms with Gasteiger partial charge in [-0.3, -0.25) is 14.4 Å². The largest absolute Gasteiger partial charge is 0.270 e. The van der Waals surface area contributed by atoms with E-state index in [0.717, 1.165) is 15.9 Å². The maximum Gasteiger partial charge on any atom is 0.270 e. The molecule has 2 aromatic rings. The molecule has 0 spiro atoms. The second kappa shape index (κ2) is 6.91. The van der Waals surface area contributed by atoms with Gasteiger partial charge in [-0.25, -0.2) is 8.42 Å². The Morgan fingerprint density at radius 1 is 1.16 bits per heavy atom. The number of sulfonamides is 1. The van der Waals surface area contributed by atoms with Gasteiger partial charge in [-0.05, 0) is 39.0 Å². The van der Waals surface area contributed by atoms with Gasteiger partial charge in [-0.15, -0.1) is 0 Å². The van der Waals surface area contributed by atoms with Crippen molar-refractivity contribution in [1.82, 2.24) is 0 Å². The molecule has 0 saturated heterocycles. The molecular formula is C17H17N3O4S. The van der Waals surface area contributed by atoms with Crippen LogP contribution in [0.5, 0.6) is 0 Å². The lowest BCUT2D eigenvalue weighted by molar-refractivity contribution is -0.384. The minimum absolute atomic E-state index is 0.0708. The Kier molecular flexibility index (Phi) is 5.09. The molecular weight excluding hydrogens is 342 g/mol. The molecule has 0 fully saturated rings. The van der Waals surface area contributed by atoms with Gasteiger partial charge in [-0.1, -0.05) is 17.7 Å². The van der Waals surface area contributed by atoms with Crippen LogP contribution in [0.1, 0.15) is 25.0 Å². The molecule has 0 heterocycles. The van der Waals surface area contributed by atoms with Gasteiger partial charge in [0, 0.05) is 18.2 Å². The number of rotatable bonds is 5. The molecule has 8 heteroatoms. The Morgan fingerprint density at radius 2 is 1.76 bits per heavy atom. The summed E-state index contributed by atoms with van der Waals surface area (Å²) in [5.74, 6) is 0. The molecule has 7 nitrogen and oxygen atoms in total. The fourth-order valence-corrected chi connectivity index (χ4v) is 4.11. The van der Waals surface area contributed by atoms with Crippen molar-refractivity contribution in [1.29, 1.82) is 5.26 Å². The number of nitro benzene ring substituents is 1. The van der Waals surface area contributed by atoms with Crippen LogP contribution >= 0.6 is 0 Å². The molecule has 0 bridgehead atoms. The summed E-state index contributed by atoms with van der Waals surface area (Å²) in [5.41, 5.74) is 0.696. The summed E-state index contributed by atoms with van der Waals surface area (Å²) in [6.07, 6.45) is 0. The van der Waals surface area contributed by atoms with Gasteiger partial charge in [0.25, 0.3) is 15.7 Å². The minimum Gasteiger partial charge on any atom is -0.262 e. The van der Waals surface area contributed by atoms with Gasteiger partial charge in [-0.2, -0.15) is 5.26 Å². The van der Waals surface area contributed by atoms with E-state index in [1.807, 2.05) is 13.0 Å². The zero-order chi connectivity index (χ0) is 18.8. The van der Waals surface area contributed by atoms with E-state index in [2.05, 4.69) is 0 Å². The summed E-state index contributed by atoms with van der Waals surface area (Å²) in [6.45, 7) is 5.20. The zero-order valence-corrected chi connectivity index (χ0v) is 14.8. The molecule has 0 aromatic heterocycles. The highest BCUT2D eigenvalue weighted by atomic mass is 32.2. The number of benzene rings is 2. The molecule has 130 valence electrons. The van der Waals surface area contributed by atoms with Crippen molar-refractivity contribution in [2.45, 2.75) is 31.7 Å². The summed E-state index contributed by atoms with van der Waals surface area (Å²) in [4.78, 5) is 10.4. The number of nitriles is 1. The van der Waals surface area contributed by atoms with E-state index in [4.69, 9.17) is 0 Å². The Morgan fingerprint density at radius 3 is 2.24 bits per heavy atom. The first-order valence-electron chi connectivity index (χ1n) is 7.48. The fourth-order valence-electron chi connectivity index (χ4n) is 2.43. The average molecular weight is 359 g/mol. The molecule has 0 N–H and O–H groups in total. The highest BCUT2D eigenvalue weighted by Gasteiger charge is 2.30. The quantitative estimate of drug-likeness (QED) is 0.601. The van der Waals surface area contributed by atoms with E-state index in [9.17, 15) is 23.8 Å². The van der Waals surface area contributed by atoms with Gasteiger partial charge >= 0.3 is 0 Å². The SMILES string of the molecule is Cc1ccc(S(=O)(=O)N(c2ccc([N+](=O)[O-])cc2C#N)C(C)C)cc1. The van der Waals surface area contributed by atoms with Gasteiger partial charge in [0.15, 0.2) is 0 Å². The third kappa shape index (κ3) is 3.61. The standard InChI is InChI=1S/C17H17N3O4S/c1-12(2)19(25(23,24)16-7-4-13(3)5-8-16)17-9-6-15(20(21)22)10-14(17)11-18/h4-10,12H,1-3H3. The third-order valence-electron chi connectivity index (χ3n) is 3.60. The first-order valence-corrected chi connectivity index (χ1v) is 8.92. The molecule has 25 heavy (non-hydrogen) atoms. The smallest absolute Gasteiger partial charge is 0.262 e. The number of hydrogen-bond acceptors (Lipinski definition) is 5. The van der Waals surface area contributed by atoms with Crippen molar-refractivity contribution in [3.05, 3.63) is 63.7 Å². The number of hydrogen-bond donors (Lipinski definition) is 0. The molecule has 0 amide bonds. The lowest BCUT2D eigenvalue weighted by Crippen LogP contribution is -2.37. The Hall–Kier alpha value is -2.92. The highest BCUT2D eigenvalue weighted by Crippen LogP contribution is 2.31. The Labute approximate surface area is 146 Å². The van der Waals surface area contributed by atoms with Crippen molar-refractivity contribution in [3.8, 4) is 6.07 Å². The van der Waals surface area contributed by atoms with E-state index in [-0.39, 0.29) is 21.8 Å². The van der Waals surface area contributed by atoms with E-state index in [1.54, 1.807) is 26.0 Å². The Balaban J connectivity index is 2.65. The maximum absolute atomic E-state index is 13.1. The topological polar surface area (TPSA) is 104 Å². The van der Waals surface area contributed by atoms with Crippen LogP contribution in [0.3, 0.4) is 0 Å². The number of anilines is 1. The molecule has 0 aliphatic rings. The molecule has 0 unspecified atom stereocenters. The highest BCUT2D eigenvalue weighted by molar-refractivity contribution is 7.92. The summed E-state index contributed by atoms with van der Waals surface area (Å²) >= 11 is 0. The van der Waals surface area contributed by atoms with Crippen molar-refractivity contribution < 1.29 is 13.3 Å². The van der Waals surface area contributed by atoms with E-state index >= 15 is 0 Å². The summed E-state index contributed by atoms with van der Waals surface area (Å²) in [7, 11) is -3.92. The zero-order valence-electron chi connectivity index (χ0n) is 14.0. The van der Waals surface area contributed by atoms with Crippen LogP contribution in [-0.2, 0) is 10.0 Å². The van der Waals surface area contributed by atoms with Crippen LogP contribution in [0.25, 0.3) is 0 Å². The molecule has 0 saturated carbocycles. The van der Waals surface area contributed by atoms with Crippen LogP contribution < -0.4 is 4.31 Å². The number of nitrogens with zero attached hydrogens (tertiary/aromatic N) is 3. The van der Waals surface area contributed by atoms with Crippen LogP contribution in [0.4, 0.5) is 11.4 Å². The van der Waals surface area contributed by atoms with Gasteiger partial charge in [0.2, 0.25) is 0 Å². The molecule has 2 rings (SSSR count). The summed E-state index contributed by atoms with van der Waals surface area (Å²) in [6, 6.07) is 11.3. The molecule has 0 aliphatic carbocycles. The maximum atomic E-state index is 13.1. The van der Waals surface area contributed by atoms with Crippen LogP contribution in [-0.4, -0.2) is 19.4 Å². The molecule has 2 aromatic carbocycles. The third-order valence-corrected chi connectivity index (χ3v) is 5.60. The molecule has 0 atom stereocenters. The van der Waals surface area contributed by atoms with Crippen molar-refractivity contribution >= 4 is 21.4 Å². The first-order chi connectivity index (χ1) is 11.7. The Bertz CT molecular complexity index is 945. The lowest BCUT2D eigenvalue weighted by atomic mass is 10.1. The second-order valence-electron chi connectivity index (χ2n) is 5.78. The van der Waals surface area contributed by atoms with E-state index < -0.39 is 21.0 Å². The first kappa shape index (κ1) is 18.4. The molecule has 0 aliphatic heterocycles. The molecule has 0 radical (unpaired) electrons. The average Bonchev–Trinajstić information content (AvgIpc) is 2.54.